The number of rotatable bonds is 0. The Morgan fingerprint density at radius 3 is 2.75 bits per heavy atom. The molecule has 0 radical (unpaired) electrons. The van der Waals surface area contributed by atoms with E-state index in [-0.39, 0.29) is 23.7 Å². The van der Waals surface area contributed by atoms with E-state index >= 15 is 0 Å². The Bertz CT molecular complexity index is 280. The van der Waals surface area contributed by atoms with Gasteiger partial charge in [0.2, 0.25) is 11.8 Å². The number of hydrogen-bond donors (Lipinski definition) is 1. The third kappa shape index (κ3) is 0.967. The van der Waals surface area contributed by atoms with Gasteiger partial charge in [-0.05, 0) is 19.8 Å². The lowest BCUT2D eigenvalue weighted by atomic mass is 9.82. The zero-order chi connectivity index (χ0) is 8.72. The van der Waals surface area contributed by atoms with Crippen LogP contribution in [0.25, 0.3) is 0 Å². The SMILES string of the molecule is CC1=CC[C@@H]2C(=O)NC(=O)[C@H]2C1. The highest BCUT2D eigenvalue weighted by Crippen LogP contribution is 2.33. The van der Waals surface area contributed by atoms with E-state index < -0.39 is 0 Å². The normalized spacial score (nSPS) is 34.2. The van der Waals surface area contributed by atoms with Crippen molar-refractivity contribution in [2.75, 3.05) is 0 Å². The summed E-state index contributed by atoms with van der Waals surface area (Å²) >= 11 is 0. The maximum atomic E-state index is 11.2. The summed E-state index contributed by atoms with van der Waals surface area (Å²) in [7, 11) is 0. The van der Waals surface area contributed by atoms with E-state index in [9.17, 15) is 9.59 Å². The fourth-order valence-corrected chi connectivity index (χ4v) is 1.94. The largest absolute Gasteiger partial charge is 0.296 e. The molecule has 0 bridgehead atoms. The number of hydrogen-bond acceptors (Lipinski definition) is 2. The van der Waals surface area contributed by atoms with Crippen molar-refractivity contribution in [1.29, 1.82) is 0 Å². The van der Waals surface area contributed by atoms with Gasteiger partial charge in [0.25, 0.3) is 0 Å². The van der Waals surface area contributed by atoms with E-state index in [0.717, 1.165) is 12.8 Å². The summed E-state index contributed by atoms with van der Waals surface area (Å²) < 4.78 is 0. The van der Waals surface area contributed by atoms with E-state index in [1.54, 1.807) is 0 Å². The molecule has 0 spiro atoms. The zero-order valence-electron chi connectivity index (χ0n) is 6.96. The van der Waals surface area contributed by atoms with Crippen molar-refractivity contribution in [3.8, 4) is 0 Å². The number of imide groups is 1. The molecule has 1 N–H and O–H groups in total. The first kappa shape index (κ1) is 7.53. The Hall–Kier alpha value is -1.12. The number of nitrogens with one attached hydrogen (secondary N) is 1. The van der Waals surface area contributed by atoms with Gasteiger partial charge >= 0.3 is 0 Å². The standard InChI is InChI=1S/C9H11NO2/c1-5-2-3-6-7(4-5)9(12)10-8(6)11/h2,6-7H,3-4H2,1H3,(H,10,11,12)/t6-,7-/m0/s1. The first-order valence-corrected chi connectivity index (χ1v) is 4.19. The third-order valence-corrected chi connectivity index (χ3v) is 2.67. The first-order valence-electron chi connectivity index (χ1n) is 4.19. The predicted molar refractivity (Wildman–Crippen MR) is 43.1 cm³/mol. The smallest absolute Gasteiger partial charge is 0.230 e. The molecule has 1 heterocycles. The summed E-state index contributed by atoms with van der Waals surface area (Å²) in [5.74, 6) is -0.338. The van der Waals surface area contributed by atoms with Crippen LogP contribution < -0.4 is 5.32 Å². The van der Waals surface area contributed by atoms with Gasteiger partial charge in [0, 0.05) is 0 Å². The van der Waals surface area contributed by atoms with Crippen LogP contribution in [0, 0.1) is 11.8 Å². The van der Waals surface area contributed by atoms with Crippen LogP contribution in [0.2, 0.25) is 0 Å². The zero-order valence-corrected chi connectivity index (χ0v) is 6.96. The van der Waals surface area contributed by atoms with Crippen LogP contribution in [0.3, 0.4) is 0 Å². The molecule has 64 valence electrons. The maximum Gasteiger partial charge on any atom is 0.230 e. The molecule has 1 aliphatic carbocycles. The highest BCUT2D eigenvalue weighted by atomic mass is 16.2. The lowest BCUT2D eigenvalue weighted by Gasteiger charge is -2.19. The van der Waals surface area contributed by atoms with E-state index in [2.05, 4.69) is 11.4 Å². The molecule has 3 nitrogen and oxygen atoms in total. The van der Waals surface area contributed by atoms with Gasteiger partial charge in [-0.2, -0.15) is 0 Å². The molecule has 0 aromatic heterocycles. The minimum atomic E-state index is -0.0891. The Labute approximate surface area is 70.8 Å². The quantitative estimate of drug-likeness (QED) is 0.422. The average molecular weight is 165 g/mol. The highest BCUT2D eigenvalue weighted by Gasteiger charge is 2.42. The van der Waals surface area contributed by atoms with Gasteiger partial charge < -0.3 is 0 Å². The molecule has 2 aliphatic rings. The van der Waals surface area contributed by atoms with Gasteiger partial charge in [-0.15, -0.1) is 0 Å². The summed E-state index contributed by atoms with van der Waals surface area (Å²) in [5, 5.41) is 2.37. The summed E-state index contributed by atoms with van der Waals surface area (Å²) in [6, 6.07) is 0. The number of carbonyl (C=O) groups is 2. The van der Waals surface area contributed by atoms with Gasteiger partial charge in [-0.25, -0.2) is 0 Å². The van der Waals surface area contributed by atoms with Crippen LogP contribution in [-0.2, 0) is 9.59 Å². The summed E-state index contributed by atoms with van der Waals surface area (Å²) in [6.07, 6.45) is 3.54. The minimum Gasteiger partial charge on any atom is -0.296 e. The Kier molecular flexibility index (Phi) is 1.53. The molecule has 0 saturated carbocycles. The second-order valence-corrected chi connectivity index (χ2v) is 3.56. The third-order valence-electron chi connectivity index (χ3n) is 2.67. The molecule has 0 aromatic carbocycles. The Morgan fingerprint density at radius 1 is 1.33 bits per heavy atom. The second-order valence-electron chi connectivity index (χ2n) is 3.56. The Balaban J connectivity index is 2.27. The molecular formula is C9H11NO2. The average Bonchev–Trinajstić information content (AvgIpc) is 2.28. The molecule has 2 rings (SSSR count). The van der Waals surface area contributed by atoms with Crippen LogP contribution in [0.1, 0.15) is 19.8 Å². The molecule has 2 atom stereocenters. The Morgan fingerprint density at radius 2 is 2.00 bits per heavy atom. The van der Waals surface area contributed by atoms with Crippen LogP contribution in [0.5, 0.6) is 0 Å². The van der Waals surface area contributed by atoms with Crippen molar-refractivity contribution in [2.45, 2.75) is 19.8 Å². The second kappa shape index (κ2) is 2.44. The molecule has 12 heavy (non-hydrogen) atoms. The van der Waals surface area contributed by atoms with Crippen LogP contribution in [0.15, 0.2) is 11.6 Å². The van der Waals surface area contributed by atoms with Crippen molar-refractivity contribution in [2.24, 2.45) is 11.8 Å². The fourth-order valence-electron chi connectivity index (χ4n) is 1.94. The lowest BCUT2D eigenvalue weighted by Crippen LogP contribution is -2.22. The molecule has 1 saturated heterocycles. The van der Waals surface area contributed by atoms with Gasteiger partial charge in [0.05, 0.1) is 11.8 Å². The molecule has 1 fully saturated rings. The van der Waals surface area contributed by atoms with E-state index in [1.165, 1.54) is 5.57 Å². The molecule has 3 heteroatoms. The van der Waals surface area contributed by atoms with Crippen LogP contribution >= 0.6 is 0 Å². The molecular weight excluding hydrogens is 154 g/mol. The minimum absolute atomic E-state index is 0.0810. The van der Waals surface area contributed by atoms with E-state index in [0.29, 0.717) is 0 Å². The number of carbonyl (C=O) groups excluding carboxylic acids is 2. The predicted octanol–water partition coefficient (Wildman–Crippen LogP) is 0.615. The summed E-state index contributed by atoms with van der Waals surface area (Å²) in [5.41, 5.74) is 1.22. The molecule has 0 unspecified atom stereocenters. The summed E-state index contributed by atoms with van der Waals surface area (Å²) in [6.45, 7) is 2.01. The van der Waals surface area contributed by atoms with Gasteiger partial charge in [0.15, 0.2) is 0 Å². The molecule has 2 amide bonds. The van der Waals surface area contributed by atoms with E-state index in [4.69, 9.17) is 0 Å². The lowest BCUT2D eigenvalue weighted by molar-refractivity contribution is -0.126. The fraction of sp³-hybridized carbons (Fsp3) is 0.556. The van der Waals surface area contributed by atoms with Crippen LogP contribution in [-0.4, -0.2) is 11.8 Å². The van der Waals surface area contributed by atoms with E-state index in [1.807, 2.05) is 6.92 Å². The van der Waals surface area contributed by atoms with Gasteiger partial charge in [-0.3, -0.25) is 14.9 Å². The maximum absolute atomic E-state index is 11.2. The first-order chi connectivity index (χ1) is 5.68. The van der Waals surface area contributed by atoms with Crippen molar-refractivity contribution in [3.63, 3.8) is 0 Å². The topological polar surface area (TPSA) is 46.2 Å². The summed E-state index contributed by atoms with van der Waals surface area (Å²) in [4.78, 5) is 22.4. The highest BCUT2D eigenvalue weighted by molar-refractivity contribution is 6.05. The number of fused-ring (bicyclic) bond motifs is 1. The molecule has 0 aromatic rings. The van der Waals surface area contributed by atoms with Crippen molar-refractivity contribution in [3.05, 3.63) is 11.6 Å². The monoisotopic (exact) mass is 165 g/mol. The van der Waals surface area contributed by atoms with Crippen LogP contribution in [0.4, 0.5) is 0 Å². The van der Waals surface area contributed by atoms with Crippen molar-refractivity contribution >= 4 is 11.8 Å². The van der Waals surface area contributed by atoms with Crippen molar-refractivity contribution in [1.82, 2.24) is 5.32 Å². The number of amides is 2. The molecule has 1 aliphatic heterocycles. The van der Waals surface area contributed by atoms with Gasteiger partial charge in [-0.1, -0.05) is 11.6 Å². The number of allylic oxidation sites excluding steroid dienone is 2. The van der Waals surface area contributed by atoms with Gasteiger partial charge in [0.1, 0.15) is 0 Å². The van der Waals surface area contributed by atoms with Crippen molar-refractivity contribution < 1.29 is 9.59 Å².